The number of carboxylic acids is 2. The van der Waals surface area contributed by atoms with Crippen LogP contribution in [0, 0.1) is 5.41 Å². The first-order chi connectivity index (χ1) is 7.50. The summed E-state index contributed by atoms with van der Waals surface area (Å²) in [4.78, 5) is 21.4. The molecule has 1 heterocycles. The van der Waals surface area contributed by atoms with Crippen molar-refractivity contribution in [1.82, 2.24) is 0 Å². The van der Waals surface area contributed by atoms with Gasteiger partial charge < -0.3 is 19.7 Å². The molecule has 0 spiro atoms. The van der Waals surface area contributed by atoms with E-state index in [9.17, 15) is 9.59 Å². The molecule has 0 radical (unpaired) electrons. The molecule has 0 atom stereocenters. The largest absolute Gasteiger partial charge is 0.481 e. The van der Waals surface area contributed by atoms with Gasteiger partial charge >= 0.3 is 11.9 Å². The van der Waals surface area contributed by atoms with Gasteiger partial charge in [0.25, 0.3) is 0 Å². The van der Waals surface area contributed by atoms with Gasteiger partial charge in [0.15, 0.2) is 6.29 Å². The molecule has 2 N–H and O–H groups in total. The van der Waals surface area contributed by atoms with E-state index in [0.717, 1.165) is 0 Å². The number of rotatable bonds is 5. The van der Waals surface area contributed by atoms with Gasteiger partial charge in [0.2, 0.25) is 0 Å². The molecule has 1 aliphatic heterocycles. The zero-order valence-corrected chi connectivity index (χ0v) is 9.14. The fraction of sp³-hybridized carbons (Fsp3) is 0.800. The highest BCUT2D eigenvalue weighted by Crippen LogP contribution is 2.29. The van der Waals surface area contributed by atoms with Crippen LogP contribution in [0.2, 0.25) is 0 Å². The number of carbonyl (C=O) groups is 2. The second kappa shape index (κ2) is 5.27. The summed E-state index contributed by atoms with van der Waals surface area (Å²) in [6.07, 6.45) is 0.0229. The van der Waals surface area contributed by atoms with Crippen molar-refractivity contribution in [3.05, 3.63) is 0 Å². The Morgan fingerprint density at radius 3 is 2.25 bits per heavy atom. The SMILES string of the molecule is CCC1(C(=O)O)COC(CCC(=O)O)OC1. The molecule has 6 nitrogen and oxygen atoms in total. The van der Waals surface area contributed by atoms with Crippen LogP contribution in [0.15, 0.2) is 0 Å². The highest BCUT2D eigenvalue weighted by molar-refractivity contribution is 5.75. The van der Waals surface area contributed by atoms with Gasteiger partial charge in [0.1, 0.15) is 5.41 Å². The predicted octanol–water partition coefficient (Wildman–Crippen LogP) is 0.705. The molecule has 0 unspecified atom stereocenters. The highest BCUT2D eigenvalue weighted by Gasteiger charge is 2.42. The van der Waals surface area contributed by atoms with E-state index in [-0.39, 0.29) is 26.1 Å². The Labute approximate surface area is 93.2 Å². The lowest BCUT2D eigenvalue weighted by atomic mass is 9.86. The van der Waals surface area contributed by atoms with Crippen molar-refractivity contribution in [3.8, 4) is 0 Å². The average molecular weight is 232 g/mol. The van der Waals surface area contributed by atoms with Gasteiger partial charge in [-0.25, -0.2) is 0 Å². The average Bonchev–Trinajstić information content (AvgIpc) is 2.26. The van der Waals surface area contributed by atoms with Gasteiger partial charge in [-0.05, 0) is 6.42 Å². The molecule has 0 aromatic heterocycles. The van der Waals surface area contributed by atoms with E-state index in [2.05, 4.69) is 0 Å². The lowest BCUT2D eigenvalue weighted by Crippen LogP contribution is -2.46. The molecular formula is C10H16O6. The second-order valence-electron chi connectivity index (χ2n) is 3.92. The molecule has 0 saturated carbocycles. The standard InChI is InChI=1S/C10H16O6/c1-2-10(9(13)14)5-15-8(16-6-10)4-3-7(11)12/h8H,2-6H2,1H3,(H,11,12)(H,13,14). The third-order valence-corrected chi connectivity index (χ3v) is 2.82. The van der Waals surface area contributed by atoms with Crippen molar-refractivity contribution in [2.24, 2.45) is 5.41 Å². The van der Waals surface area contributed by atoms with Crippen molar-refractivity contribution >= 4 is 11.9 Å². The molecule has 1 fully saturated rings. The van der Waals surface area contributed by atoms with E-state index in [4.69, 9.17) is 19.7 Å². The monoisotopic (exact) mass is 232 g/mol. The van der Waals surface area contributed by atoms with E-state index in [0.29, 0.717) is 6.42 Å². The molecule has 1 aliphatic rings. The lowest BCUT2D eigenvalue weighted by molar-refractivity contribution is -0.236. The Kier molecular flexibility index (Phi) is 4.26. The van der Waals surface area contributed by atoms with Crippen LogP contribution in [0.5, 0.6) is 0 Å². The number of hydrogen-bond donors (Lipinski definition) is 2. The third kappa shape index (κ3) is 2.93. The lowest BCUT2D eigenvalue weighted by Gasteiger charge is -2.36. The molecule has 0 aromatic rings. The maximum atomic E-state index is 11.0. The van der Waals surface area contributed by atoms with Crippen LogP contribution in [-0.4, -0.2) is 41.7 Å². The van der Waals surface area contributed by atoms with Crippen molar-refractivity contribution in [1.29, 1.82) is 0 Å². The van der Waals surface area contributed by atoms with E-state index < -0.39 is 23.6 Å². The predicted molar refractivity (Wildman–Crippen MR) is 52.9 cm³/mol. The van der Waals surface area contributed by atoms with Gasteiger partial charge in [0.05, 0.1) is 19.6 Å². The Morgan fingerprint density at radius 1 is 1.31 bits per heavy atom. The molecule has 6 heteroatoms. The van der Waals surface area contributed by atoms with Gasteiger partial charge in [-0.15, -0.1) is 0 Å². The van der Waals surface area contributed by atoms with Crippen LogP contribution in [-0.2, 0) is 19.1 Å². The minimum absolute atomic E-state index is 0.0448. The minimum atomic E-state index is -0.986. The van der Waals surface area contributed by atoms with Crippen molar-refractivity contribution in [2.75, 3.05) is 13.2 Å². The number of ether oxygens (including phenoxy) is 2. The summed E-state index contributed by atoms with van der Waals surface area (Å²) in [5.74, 6) is -1.86. The maximum Gasteiger partial charge on any atom is 0.314 e. The first-order valence-electron chi connectivity index (χ1n) is 5.18. The molecule has 1 rings (SSSR count). The van der Waals surface area contributed by atoms with Crippen LogP contribution in [0.25, 0.3) is 0 Å². The molecule has 92 valence electrons. The van der Waals surface area contributed by atoms with Crippen LogP contribution >= 0.6 is 0 Å². The van der Waals surface area contributed by atoms with Crippen LogP contribution in [0.1, 0.15) is 26.2 Å². The molecule has 16 heavy (non-hydrogen) atoms. The number of aliphatic carboxylic acids is 2. The van der Waals surface area contributed by atoms with Crippen LogP contribution in [0.4, 0.5) is 0 Å². The van der Waals surface area contributed by atoms with Crippen molar-refractivity contribution < 1.29 is 29.3 Å². The summed E-state index contributed by atoms with van der Waals surface area (Å²) in [6.45, 7) is 1.91. The van der Waals surface area contributed by atoms with Crippen molar-refractivity contribution in [3.63, 3.8) is 0 Å². The van der Waals surface area contributed by atoms with Gasteiger partial charge in [-0.3, -0.25) is 9.59 Å². The quantitative estimate of drug-likeness (QED) is 0.725. The second-order valence-corrected chi connectivity index (χ2v) is 3.92. The Bertz CT molecular complexity index is 266. The Balaban J connectivity index is 2.43. The smallest absolute Gasteiger partial charge is 0.314 e. The van der Waals surface area contributed by atoms with E-state index in [1.807, 2.05) is 0 Å². The summed E-state index contributed by atoms with van der Waals surface area (Å²) in [5, 5.41) is 17.5. The molecular weight excluding hydrogens is 216 g/mol. The van der Waals surface area contributed by atoms with Gasteiger partial charge in [-0.2, -0.15) is 0 Å². The summed E-state index contributed by atoms with van der Waals surface area (Å²) in [5.41, 5.74) is -0.986. The third-order valence-electron chi connectivity index (χ3n) is 2.82. The summed E-state index contributed by atoms with van der Waals surface area (Å²) >= 11 is 0. The van der Waals surface area contributed by atoms with E-state index in [1.54, 1.807) is 6.92 Å². The van der Waals surface area contributed by atoms with Gasteiger partial charge in [-0.1, -0.05) is 6.92 Å². The first kappa shape index (κ1) is 12.9. The normalized spacial score (nSPS) is 29.9. The zero-order valence-electron chi connectivity index (χ0n) is 9.14. The molecule has 0 bridgehead atoms. The summed E-state index contributed by atoms with van der Waals surface area (Å²) < 4.78 is 10.5. The molecule has 1 saturated heterocycles. The summed E-state index contributed by atoms with van der Waals surface area (Å²) in [7, 11) is 0. The topological polar surface area (TPSA) is 93.1 Å². The Morgan fingerprint density at radius 2 is 1.88 bits per heavy atom. The minimum Gasteiger partial charge on any atom is -0.481 e. The van der Waals surface area contributed by atoms with Gasteiger partial charge in [0, 0.05) is 6.42 Å². The fourth-order valence-corrected chi connectivity index (χ4v) is 1.48. The van der Waals surface area contributed by atoms with E-state index in [1.165, 1.54) is 0 Å². The summed E-state index contributed by atoms with van der Waals surface area (Å²) in [6, 6.07) is 0. The molecule has 0 amide bonds. The van der Waals surface area contributed by atoms with Crippen LogP contribution < -0.4 is 0 Å². The number of carboxylic acid groups (broad SMARTS) is 2. The van der Waals surface area contributed by atoms with E-state index >= 15 is 0 Å². The first-order valence-corrected chi connectivity index (χ1v) is 5.18. The zero-order chi connectivity index (χ0) is 12.2. The van der Waals surface area contributed by atoms with Crippen molar-refractivity contribution in [2.45, 2.75) is 32.5 Å². The highest BCUT2D eigenvalue weighted by atomic mass is 16.7. The molecule has 0 aromatic carbocycles. The van der Waals surface area contributed by atoms with Crippen LogP contribution in [0.3, 0.4) is 0 Å². The Hall–Kier alpha value is -1.14. The maximum absolute atomic E-state index is 11.0. The molecule has 0 aliphatic carbocycles. The number of hydrogen-bond acceptors (Lipinski definition) is 4. The fourth-order valence-electron chi connectivity index (χ4n) is 1.48.